The first-order chi connectivity index (χ1) is 8.93. The van der Waals surface area contributed by atoms with Gasteiger partial charge in [0.2, 0.25) is 0 Å². The van der Waals surface area contributed by atoms with Crippen molar-refractivity contribution in [2.24, 2.45) is 21.0 Å². The summed E-state index contributed by atoms with van der Waals surface area (Å²) in [6.45, 7) is -1.76. The second kappa shape index (κ2) is 2.57. The van der Waals surface area contributed by atoms with Crippen molar-refractivity contribution in [1.29, 1.82) is 0 Å². The number of hydrogen-bond donors (Lipinski definition) is 0. The molecule has 2 aromatic rings. The molecule has 0 bridgehead atoms. The average Bonchev–Trinajstić information content (AvgIpc) is 2.65. The monoisotopic (exact) mass is 199 g/mol. The molecule has 0 saturated carbocycles. The summed E-state index contributed by atoms with van der Waals surface area (Å²) in [6.07, 6.45) is -0.404. The summed E-state index contributed by atoms with van der Waals surface area (Å²) < 4.78 is 38.7. The maximum Gasteiger partial charge on any atom is 0.332 e. The molecule has 2 aromatic heterocycles. The molecule has 0 aliphatic heterocycles. The quantitative estimate of drug-likeness (QED) is 0.545. The van der Waals surface area contributed by atoms with Crippen molar-refractivity contribution in [2.45, 2.75) is 0 Å². The Hall–Kier alpha value is -1.85. The van der Waals surface area contributed by atoms with E-state index in [1.807, 2.05) is 0 Å². The highest BCUT2D eigenvalue weighted by molar-refractivity contribution is 5.69. The molecule has 0 aliphatic carbocycles. The Morgan fingerprint density at radius 2 is 2.29 bits per heavy atom. The van der Waals surface area contributed by atoms with E-state index in [0.29, 0.717) is 9.13 Å². The molecular weight excluding hydrogens is 184 g/mol. The van der Waals surface area contributed by atoms with Crippen molar-refractivity contribution in [3.8, 4) is 0 Å². The van der Waals surface area contributed by atoms with Crippen molar-refractivity contribution in [1.82, 2.24) is 18.7 Å². The number of rotatable bonds is 0. The molecule has 0 fully saturated rings. The molecule has 2 heterocycles. The van der Waals surface area contributed by atoms with Crippen LogP contribution in [0.1, 0.15) is 6.85 Å². The molecule has 6 nitrogen and oxygen atoms in total. The maximum atomic E-state index is 12.0. The van der Waals surface area contributed by atoms with Gasteiger partial charge in [-0.25, -0.2) is 9.78 Å². The zero-order valence-corrected chi connectivity index (χ0v) is 7.10. The topological polar surface area (TPSA) is 61.8 Å². The van der Waals surface area contributed by atoms with Gasteiger partial charge in [0.15, 0.2) is 11.2 Å². The fraction of sp³-hybridized carbons (Fsp3) is 0.375. The third-order valence-electron chi connectivity index (χ3n) is 1.87. The number of hydrogen-bond acceptors (Lipinski definition) is 3. The zero-order chi connectivity index (χ0) is 14.3. The number of nitrogens with zero attached hydrogens (tertiary/aromatic N) is 4. The van der Waals surface area contributed by atoms with Crippen LogP contribution in [0, 0.1) is 0 Å². The molecule has 0 amide bonds. The van der Waals surface area contributed by atoms with E-state index in [-0.39, 0.29) is 11.2 Å². The lowest BCUT2D eigenvalue weighted by atomic mass is 10.5. The largest absolute Gasteiger partial charge is 0.332 e. The van der Waals surface area contributed by atoms with Crippen LogP contribution in [0.2, 0.25) is 0 Å². The molecule has 0 aliphatic rings. The highest BCUT2D eigenvalue weighted by Gasteiger charge is 2.11. The average molecular weight is 199 g/mol. The van der Waals surface area contributed by atoms with E-state index in [0.717, 1.165) is 4.57 Å². The van der Waals surface area contributed by atoms with Gasteiger partial charge in [0.25, 0.3) is 5.56 Å². The van der Waals surface area contributed by atoms with Gasteiger partial charge in [-0.2, -0.15) is 0 Å². The van der Waals surface area contributed by atoms with Crippen LogP contribution in [0.25, 0.3) is 11.2 Å². The first-order valence-corrected chi connectivity index (χ1v) is 3.59. The van der Waals surface area contributed by atoms with Crippen molar-refractivity contribution >= 4 is 11.2 Å². The first-order valence-electron chi connectivity index (χ1n) is 6.66. The lowest BCUT2D eigenvalue weighted by Gasteiger charge is -2.02. The minimum Gasteiger partial charge on any atom is -0.328 e. The molecule has 0 aromatic carbocycles. The summed E-state index contributed by atoms with van der Waals surface area (Å²) in [7, 11) is -1.13. The Morgan fingerprint density at radius 1 is 1.43 bits per heavy atom. The molecule has 0 N–H and O–H groups in total. The Morgan fingerprint density at radius 3 is 2.93 bits per heavy atom. The lowest BCUT2D eigenvalue weighted by molar-refractivity contribution is 0.705. The summed E-state index contributed by atoms with van der Waals surface area (Å²) in [5.74, 6) is 0. The van der Waals surface area contributed by atoms with Crippen LogP contribution in [-0.2, 0) is 21.0 Å². The zero-order valence-electron chi connectivity index (χ0n) is 12.1. The molecule has 0 saturated heterocycles. The Bertz CT molecular complexity index is 746. The molecule has 0 atom stereocenters. The third kappa shape index (κ3) is 0.876. The molecule has 0 unspecified atom stereocenters. The summed E-state index contributed by atoms with van der Waals surface area (Å²) in [6, 6.07) is 0. The predicted molar refractivity (Wildman–Crippen MR) is 51.2 cm³/mol. The van der Waals surface area contributed by atoms with Gasteiger partial charge in [-0.15, -0.1) is 0 Å². The highest BCUT2D eigenvalue weighted by atomic mass is 16.2. The standard InChI is InChI=1S/C8H10N4O2/c1-10-4-9-6-5(10)7(13)12(3)8(14)11(6)2/h4H,1-3H3/i1D,2D2,3D,4D. The van der Waals surface area contributed by atoms with Gasteiger partial charge in [-0.1, -0.05) is 0 Å². The van der Waals surface area contributed by atoms with Crippen LogP contribution >= 0.6 is 0 Å². The Balaban J connectivity index is 3.11. The summed E-state index contributed by atoms with van der Waals surface area (Å²) >= 11 is 0. The second-order valence-corrected chi connectivity index (χ2v) is 2.70. The molecule has 0 radical (unpaired) electrons. The van der Waals surface area contributed by atoms with Crippen LogP contribution < -0.4 is 11.2 Å². The van der Waals surface area contributed by atoms with E-state index in [9.17, 15) is 9.59 Å². The van der Waals surface area contributed by atoms with Crippen LogP contribution in [0.15, 0.2) is 15.9 Å². The number of imidazole rings is 1. The van der Waals surface area contributed by atoms with Gasteiger partial charge < -0.3 is 4.57 Å². The van der Waals surface area contributed by atoms with E-state index in [1.54, 1.807) is 0 Å². The highest BCUT2D eigenvalue weighted by Crippen LogP contribution is 2.01. The molecule has 6 heteroatoms. The molecule has 74 valence electrons. The van der Waals surface area contributed by atoms with Gasteiger partial charge in [-0.3, -0.25) is 13.9 Å². The van der Waals surface area contributed by atoms with Gasteiger partial charge in [0.1, 0.15) is 1.37 Å². The summed E-state index contributed by atoms with van der Waals surface area (Å²) in [5, 5.41) is 0. The van der Waals surface area contributed by atoms with E-state index in [1.165, 1.54) is 0 Å². The van der Waals surface area contributed by atoms with Gasteiger partial charge >= 0.3 is 5.69 Å². The number of aryl methyl sites for hydroxylation is 2. The fourth-order valence-electron chi connectivity index (χ4n) is 1.15. The van der Waals surface area contributed by atoms with Crippen LogP contribution in [0.3, 0.4) is 0 Å². The van der Waals surface area contributed by atoms with Crippen molar-refractivity contribution < 1.29 is 6.85 Å². The van der Waals surface area contributed by atoms with E-state index in [2.05, 4.69) is 4.98 Å². The van der Waals surface area contributed by atoms with Crippen LogP contribution in [0.5, 0.6) is 0 Å². The van der Waals surface area contributed by atoms with E-state index < -0.39 is 38.6 Å². The SMILES string of the molecule is [2H]Cn1c(=O)c2c(nc([2H])n2C[2H])n(C([2H])[2H])c1=O. The van der Waals surface area contributed by atoms with Gasteiger partial charge in [0, 0.05) is 26.5 Å². The smallest absolute Gasteiger partial charge is 0.328 e. The van der Waals surface area contributed by atoms with Crippen LogP contribution in [-0.4, -0.2) is 18.7 Å². The maximum absolute atomic E-state index is 12.0. The minimum absolute atomic E-state index is 0.212. The normalized spacial score (nSPS) is 16.2. The lowest BCUT2D eigenvalue weighted by Crippen LogP contribution is -2.37. The second-order valence-electron chi connectivity index (χ2n) is 2.70. The molecule has 0 spiro atoms. The fourth-order valence-corrected chi connectivity index (χ4v) is 1.15. The Labute approximate surface area is 86.1 Å². The molecule has 14 heavy (non-hydrogen) atoms. The predicted octanol–water partition coefficient (Wildman–Crippen LogP) is -1.03. The first kappa shape index (κ1) is 4.59. The van der Waals surface area contributed by atoms with Gasteiger partial charge in [0.05, 0.1) is 6.30 Å². The van der Waals surface area contributed by atoms with Crippen molar-refractivity contribution in [3.05, 3.63) is 27.1 Å². The van der Waals surface area contributed by atoms with E-state index in [4.69, 9.17) is 6.85 Å². The number of aromatic nitrogens is 4. The van der Waals surface area contributed by atoms with Crippen molar-refractivity contribution in [3.63, 3.8) is 0 Å². The van der Waals surface area contributed by atoms with E-state index >= 15 is 0 Å². The summed E-state index contributed by atoms with van der Waals surface area (Å²) in [4.78, 5) is 27.6. The Kier molecular flexibility index (Phi) is 0.841. The summed E-state index contributed by atoms with van der Waals surface area (Å²) in [5.41, 5.74) is -2.31. The minimum atomic E-state index is -1.76. The van der Waals surface area contributed by atoms with Crippen LogP contribution in [0.4, 0.5) is 0 Å². The number of fused-ring (bicyclic) bond motifs is 1. The van der Waals surface area contributed by atoms with Crippen molar-refractivity contribution in [2.75, 3.05) is 0 Å². The van der Waals surface area contributed by atoms with Gasteiger partial charge in [-0.05, 0) is 0 Å². The molecular formula is C8H10N4O2. The molecule has 2 rings (SSSR count). The third-order valence-corrected chi connectivity index (χ3v) is 1.87.